The number of ether oxygens (including phenoxy) is 1. The van der Waals surface area contributed by atoms with Gasteiger partial charge in [0.05, 0.1) is 12.8 Å². The number of hydrogen-bond donors (Lipinski definition) is 2. The Bertz CT molecular complexity index is 796. The highest BCUT2D eigenvalue weighted by atomic mass is 16.5. The number of carbonyl (C=O) groups is 3. The average Bonchev–Trinajstić information content (AvgIpc) is 2.61. The van der Waals surface area contributed by atoms with Gasteiger partial charge in [-0.15, -0.1) is 0 Å². The summed E-state index contributed by atoms with van der Waals surface area (Å²) in [6.45, 7) is 1.93. The van der Waals surface area contributed by atoms with Crippen LogP contribution >= 0.6 is 0 Å². The zero-order valence-electron chi connectivity index (χ0n) is 14.0. The summed E-state index contributed by atoms with van der Waals surface area (Å²) in [7, 11) is 1.20. The number of benzene rings is 2. The van der Waals surface area contributed by atoms with Crippen LogP contribution in [0.15, 0.2) is 42.5 Å². The van der Waals surface area contributed by atoms with Crippen LogP contribution in [-0.4, -0.2) is 29.9 Å². The van der Waals surface area contributed by atoms with E-state index in [-0.39, 0.29) is 35.6 Å². The number of hydrogen-bond acceptors (Lipinski definition) is 5. The van der Waals surface area contributed by atoms with Crippen molar-refractivity contribution in [3.63, 3.8) is 0 Å². The van der Waals surface area contributed by atoms with Crippen LogP contribution in [0.2, 0.25) is 0 Å². The number of ketones is 1. The lowest BCUT2D eigenvalue weighted by Crippen LogP contribution is -2.14. The Kier molecular flexibility index (Phi) is 5.89. The Labute approximate surface area is 145 Å². The van der Waals surface area contributed by atoms with E-state index in [1.807, 2.05) is 19.1 Å². The Morgan fingerprint density at radius 2 is 1.72 bits per heavy atom. The SMILES string of the molecule is COC(=O)c1cccc(NC(=O)CCC(=O)c2ccc(C)cc2)c1O. The molecule has 2 aromatic rings. The number of Topliss-reactive ketones (excluding diaryl/α,β-unsaturated/α-hetero) is 1. The van der Waals surface area contributed by atoms with Crippen LogP contribution in [0.5, 0.6) is 5.75 Å². The number of phenolic OH excluding ortho intramolecular Hbond substituents is 1. The highest BCUT2D eigenvalue weighted by Crippen LogP contribution is 2.28. The fourth-order valence-corrected chi connectivity index (χ4v) is 2.24. The van der Waals surface area contributed by atoms with Crippen LogP contribution in [-0.2, 0) is 9.53 Å². The quantitative estimate of drug-likeness (QED) is 0.478. The van der Waals surface area contributed by atoms with Crippen LogP contribution in [0.1, 0.15) is 39.1 Å². The lowest BCUT2D eigenvalue weighted by molar-refractivity contribution is -0.116. The summed E-state index contributed by atoms with van der Waals surface area (Å²) in [6.07, 6.45) is 0.0148. The standard InChI is InChI=1S/C19H19NO5/c1-12-6-8-13(9-7-12)16(21)10-11-17(22)20-15-5-3-4-14(18(15)23)19(24)25-2/h3-9,23H,10-11H2,1-2H3,(H,20,22). The molecular weight excluding hydrogens is 322 g/mol. The fraction of sp³-hybridized carbons (Fsp3) is 0.211. The molecular formula is C19H19NO5. The number of amides is 1. The molecule has 0 heterocycles. The lowest BCUT2D eigenvalue weighted by Gasteiger charge is -2.10. The maximum absolute atomic E-state index is 12.1. The van der Waals surface area contributed by atoms with Gasteiger partial charge in [-0.1, -0.05) is 35.9 Å². The van der Waals surface area contributed by atoms with Gasteiger partial charge in [-0.3, -0.25) is 9.59 Å². The Hall–Kier alpha value is -3.15. The first-order valence-corrected chi connectivity index (χ1v) is 7.72. The summed E-state index contributed by atoms with van der Waals surface area (Å²) >= 11 is 0. The maximum Gasteiger partial charge on any atom is 0.341 e. The number of phenols is 1. The average molecular weight is 341 g/mol. The molecule has 2 aromatic carbocycles. The Balaban J connectivity index is 1.97. The number of nitrogens with one attached hydrogen (secondary N) is 1. The van der Waals surface area contributed by atoms with Gasteiger partial charge in [-0.25, -0.2) is 4.79 Å². The van der Waals surface area contributed by atoms with Gasteiger partial charge < -0.3 is 15.2 Å². The maximum atomic E-state index is 12.1. The Morgan fingerprint density at radius 3 is 2.36 bits per heavy atom. The first-order chi connectivity index (χ1) is 11.9. The molecule has 0 aliphatic heterocycles. The third kappa shape index (κ3) is 4.67. The van der Waals surface area contributed by atoms with Crippen molar-refractivity contribution in [3.8, 4) is 5.75 Å². The number of rotatable bonds is 6. The lowest BCUT2D eigenvalue weighted by atomic mass is 10.0. The van der Waals surface area contributed by atoms with E-state index in [0.717, 1.165) is 5.56 Å². The van der Waals surface area contributed by atoms with E-state index in [0.29, 0.717) is 5.56 Å². The van der Waals surface area contributed by atoms with Crippen molar-refractivity contribution in [1.29, 1.82) is 0 Å². The van der Waals surface area contributed by atoms with Crippen molar-refractivity contribution in [3.05, 3.63) is 59.2 Å². The summed E-state index contributed by atoms with van der Waals surface area (Å²) in [5.41, 5.74) is 1.65. The van der Waals surface area contributed by atoms with E-state index in [1.54, 1.807) is 12.1 Å². The number of para-hydroxylation sites is 1. The molecule has 2 rings (SSSR count). The van der Waals surface area contributed by atoms with Crippen molar-refractivity contribution in [2.75, 3.05) is 12.4 Å². The minimum absolute atomic E-state index is 0.0331. The van der Waals surface area contributed by atoms with Gasteiger partial charge in [-0.05, 0) is 19.1 Å². The zero-order valence-corrected chi connectivity index (χ0v) is 14.0. The van der Waals surface area contributed by atoms with Gasteiger partial charge in [-0.2, -0.15) is 0 Å². The predicted molar refractivity (Wildman–Crippen MR) is 92.8 cm³/mol. The fourth-order valence-electron chi connectivity index (χ4n) is 2.24. The largest absolute Gasteiger partial charge is 0.505 e. The molecule has 1 amide bonds. The molecule has 25 heavy (non-hydrogen) atoms. The van der Waals surface area contributed by atoms with Crippen molar-refractivity contribution in [2.45, 2.75) is 19.8 Å². The molecule has 0 fully saturated rings. The van der Waals surface area contributed by atoms with E-state index >= 15 is 0 Å². The minimum atomic E-state index is -0.705. The Morgan fingerprint density at radius 1 is 1.04 bits per heavy atom. The normalized spacial score (nSPS) is 10.2. The summed E-state index contributed by atoms with van der Waals surface area (Å²) < 4.78 is 4.56. The van der Waals surface area contributed by atoms with Gasteiger partial charge in [0.1, 0.15) is 5.56 Å². The van der Waals surface area contributed by atoms with E-state index in [4.69, 9.17) is 0 Å². The van der Waals surface area contributed by atoms with E-state index in [2.05, 4.69) is 10.1 Å². The van der Waals surface area contributed by atoms with Crippen LogP contribution in [0, 0.1) is 6.92 Å². The summed E-state index contributed by atoms with van der Waals surface area (Å²) in [6, 6.07) is 11.5. The molecule has 6 heteroatoms. The van der Waals surface area contributed by atoms with Gasteiger partial charge in [0, 0.05) is 18.4 Å². The number of carbonyl (C=O) groups excluding carboxylic acids is 3. The van der Waals surface area contributed by atoms with Gasteiger partial charge in [0.2, 0.25) is 5.91 Å². The number of anilines is 1. The third-order valence-electron chi connectivity index (χ3n) is 3.67. The predicted octanol–water partition coefficient (Wildman–Crippen LogP) is 3.09. The summed E-state index contributed by atoms with van der Waals surface area (Å²) in [5.74, 6) is -1.64. The third-order valence-corrected chi connectivity index (χ3v) is 3.67. The molecule has 0 radical (unpaired) electrons. The van der Waals surface area contributed by atoms with Crippen LogP contribution in [0.4, 0.5) is 5.69 Å². The van der Waals surface area contributed by atoms with Crippen molar-refractivity contribution < 1.29 is 24.2 Å². The monoisotopic (exact) mass is 341 g/mol. The number of aryl methyl sites for hydroxylation is 1. The first-order valence-electron chi connectivity index (χ1n) is 7.72. The van der Waals surface area contributed by atoms with Crippen LogP contribution in [0.3, 0.4) is 0 Å². The highest BCUT2D eigenvalue weighted by molar-refractivity contribution is 6.01. The van der Waals surface area contributed by atoms with E-state index in [9.17, 15) is 19.5 Å². The molecule has 0 aromatic heterocycles. The number of methoxy groups -OCH3 is 1. The van der Waals surface area contributed by atoms with Crippen molar-refractivity contribution in [1.82, 2.24) is 0 Å². The second-order valence-electron chi connectivity index (χ2n) is 5.53. The molecule has 2 N–H and O–H groups in total. The molecule has 0 aliphatic rings. The van der Waals surface area contributed by atoms with Crippen LogP contribution < -0.4 is 5.32 Å². The molecule has 0 unspecified atom stereocenters. The van der Waals surface area contributed by atoms with E-state index < -0.39 is 11.9 Å². The molecule has 0 saturated carbocycles. The van der Waals surface area contributed by atoms with Crippen molar-refractivity contribution >= 4 is 23.3 Å². The molecule has 6 nitrogen and oxygen atoms in total. The van der Waals surface area contributed by atoms with Gasteiger partial charge >= 0.3 is 5.97 Å². The topological polar surface area (TPSA) is 92.7 Å². The highest BCUT2D eigenvalue weighted by Gasteiger charge is 2.16. The minimum Gasteiger partial charge on any atom is -0.505 e. The molecule has 0 spiro atoms. The molecule has 0 saturated heterocycles. The number of esters is 1. The number of aromatic hydroxyl groups is 1. The van der Waals surface area contributed by atoms with Crippen LogP contribution in [0.25, 0.3) is 0 Å². The van der Waals surface area contributed by atoms with Gasteiger partial charge in [0.25, 0.3) is 0 Å². The smallest absolute Gasteiger partial charge is 0.341 e. The second kappa shape index (κ2) is 8.10. The zero-order chi connectivity index (χ0) is 18.4. The summed E-state index contributed by atoms with van der Waals surface area (Å²) in [4.78, 5) is 35.6. The first kappa shape index (κ1) is 18.2. The van der Waals surface area contributed by atoms with E-state index in [1.165, 1.54) is 25.3 Å². The van der Waals surface area contributed by atoms with Gasteiger partial charge in [0.15, 0.2) is 11.5 Å². The molecule has 0 bridgehead atoms. The molecule has 130 valence electrons. The molecule has 0 atom stereocenters. The molecule has 0 aliphatic carbocycles. The summed E-state index contributed by atoms with van der Waals surface area (Å²) in [5, 5.41) is 12.5. The second-order valence-corrected chi connectivity index (χ2v) is 5.53. The van der Waals surface area contributed by atoms with Crippen molar-refractivity contribution in [2.24, 2.45) is 0 Å².